The minimum Gasteiger partial charge on any atom is -0.478 e. The van der Waals surface area contributed by atoms with Crippen LogP contribution in [0, 0.1) is 0 Å². The average Bonchev–Trinajstić information content (AvgIpc) is 2.32. The van der Waals surface area contributed by atoms with Gasteiger partial charge in [-0.05, 0) is 24.6 Å². The lowest BCUT2D eigenvalue weighted by Crippen LogP contribution is -2.15. The van der Waals surface area contributed by atoms with Crippen molar-refractivity contribution in [2.45, 2.75) is 23.9 Å². The van der Waals surface area contributed by atoms with Crippen molar-refractivity contribution in [1.29, 1.82) is 0 Å². The van der Waals surface area contributed by atoms with Gasteiger partial charge in [0.25, 0.3) is 0 Å². The molecule has 0 heterocycles. The monoisotopic (exact) mass is 326 g/mol. The summed E-state index contributed by atoms with van der Waals surface area (Å²) in [6, 6.07) is 3.08. The number of hydrogen-bond donors (Lipinski definition) is 3. The van der Waals surface area contributed by atoms with Crippen LogP contribution in [-0.2, 0) is 10.0 Å². The lowest BCUT2D eigenvalue weighted by atomic mass is 10.1. The number of aromatic carboxylic acids is 1. The minimum atomic E-state index is -4.28. The third-order valence-electron chi connectivity index (χ3n) is 2.50. The fourth-order valence-electron chi connectivity index (χ4n) is 1.54. The number of hydrogen-bond acceptors (Lipinski definition) is 4. The largest absolute Gasteiger partial charge is 0.478 e. The molecule has 0 aliphatic rings. The first-order valence-electron chi connectivity index (χ1n) is 5.71. The number of nitrogens with one attached hydrogen (secondary N) is 1. The van der Waals surface area contributed by atoms with Gasteiger partial charge in [0.2, 0.25) is 10.0 Å². The van der Waals surface area contributed by atoms with Crippen molar-refractivity contribution in [2.24, 2.45) is 5.14 Å². The summed E-state index contributed by atoms with van der Waals surface area (Å²) >= 11 is 0. The maximum Gasteiger partial charge on any atom is 0.389 e. The van der Waals surface area contributed by atoms with Crippen LogP contribution in [0.1, 0.15) is 23.2 Å². The molecule has 0 saturated carbocycles. The van der Waals surface area contributed by atoms with Crippen LogP contribution >= 0.6 is 0 Å². The van der Waals surface area contributed by atoms with E-state index in [0.717, 1.165) is 18.2 Å². The first-order chi connectivity index (χ1) is 9.50. The van der Waals surface area contributed by atoms with Crippen molar-refractivity contribution >= 4 is 21.7 Å². The predicted octanol–water partition coefficient (Wildman–Crippen LogP) is 1.79. The number of sulfonamides is 1. The average molecular weight is 326 g/mol. The standard InChI is InChI=1S/C11H13F3N2O4S/c12-11(13,14)4-1-5-16-9-3-2-7(21(15,19)20)6-8(9)10(17)18/h2-3,6,16H,1,4-5H2,(H,17,18)(H2,15,19,20). The fourth-order valence-corrected chi connectivity index (χ4v) is 2.08. The lowest BCUT2D eigenvalue weighted by molar-refractivity contribution is -0.134. The summed E-state index contributed by atoms with van der Waals surface area (Å²) in [7, 11) is -4.06. The highest BCUT2D eigenvalue weighted by atomic mass is 32.2. The molecule has 1 rings (SSSR count). The molecule has 1 aromatic carbocycles. The molecule has 0 aliphatic carbocycles. The minimum absolute atomic E-state index is 0.0251. The van der Waals surface area contributed by atoms with Crippen molar-refractivity contribution < 1.29 is 31.5 Å². The van der Waals surface area contributed by atoms with E-state index in [1.165, 1.54) is 0 Å². The molecular formula is C11H13F3N2O4S. The molecule has 0 aliphatic heterocycles. The Balaban J connectivity index is 2.86. The van der Waals surface area contributed by atoms with Crippen molar-refractivity contribution in [3.8, 4) is 0 Å². The van der Waals surface area contributed by atoms with Crippen LogP contribution in [0.4, 0.5) is 18.9 Å². The summed E-state index contributed by atoms with van der Waals surface area (Å²) in [6.45, 7) is -0.103. The molecule has 0 spiro atoms. The summed E-state index contributed by atoms with van der Waals surface area (Å²) in [4.78, 5) is 10.6. The van der Waals surface area contributed by atoms with Crippen molar-refractivity contribution in [1.82, 2.24) is 0 Å². The number of primary sulfonamides is 1. The van der Waals surface area contributed by atoms with Crippen molar-refractivity contribution in [3.05, 3.63) is 23.8 Å². The number of carboxylic acid groups (broad SMARTS) is 1. The molecule has 1 aromatic rings. The molecule has 21 heavy (non-hydrogen) atoms. The molecule has 0 bridgehead atoms. The fraction of sp³-hybridized carbons (Fsp3) is 0.364. The molecule has 0 atom stereocenters. The summed E-state index contributed by atoms with van der Waals surface area (Å²) in [5, 5.41) is 16.4. The highest BCUT2D eigenvalue weighted by molar-refractivity contribution is 7.89. The van der Waals surface area contributed by atoms with E-state index in [2.05, 4.69) is 5.32 Å². The van der Waals surface area contributed by atoms with E-state index >= 15 is 0 Å². The third-order valence-corrected chi connectivity index (χ3v) is 3.41. The molecule has 6 nitrogen and oxygen atoms in total. The van der Waals surface area contributed by atoms with Crippen LogP contribution in [0.2, 0.25) is 0 Å². The summed E-state index contributed by atoms with van der Waals surface area (Å²) in [6.07, 6.45) is -5.52. The maximum absolute atomic E-state index is 12.0. The highest BCUT2D eigenvalue weighted by Crippen LogP contribution is 2.23. The molecular weight excluding hydrogens is 313 g/mol. The van der Waals surface area contributed by atoms with Gasteiger partial charge in [0.05, 0.1) is 10.5 Å². The lowest BCUT2D eigenvalue weighted by Gasteiger charge is -2.11. The Bertz CT molecular complexity index is 629. The SMILES string of the molecule is NS(=O)(=O)c1ccc(NCCCC(F)(F)F)c(C(=O)O)c1. The number of rotatable bonds is 6. The third kappa shape index (κ3) is 5.60. The van der Waals surface area contributed by atoms with Crippen LogP contribution < -0.4 is 10.5 Å². The summed E-state index contributed by atoms with van der Waals surface area (Å²) in [5.41, 5.74) is -0.356. The normalized spacial score (nSPS) is 12.2. The number of carboxylic acids is 1. The number of nitrogens with two attached hydrogens (primary N) is 1. The van der Waals surface area contributed by atoms with E-state index in [1.54, 1.807) is 0 Å². The topological polar surface area (TPSA) is 109 Å². The Morgan fingerprint density at radius 1 is 1.33 bits per heavy atom. The molecule has 0 unspecified atom stereocenters. The van der Waals surface area contributed by atoms with E-state index in [-0.39, 0.29) is 29.1 Å². The van der Waals surface area contributed by atoms with Crippen LogP contribution in [-0.4, -0.2) is 32.2 Å². The highest BCUT2D eigenvalue weighted by Gasteiger charge is 2.26. The van der Waals surface area contributed by atoms with Gasteiger partial charge >= 0.3 is 12.1 Å². The van der Waals surface area contributed by atoms with Gasteiger partial charge in [-0.15, -0.1) is 0 Å². The molecule has 4 N–H and O–H groups in total. The smallest absolute Gasteiger partial charge is 0.389 e. The molecule has 0 amide bonds. The van der Waals surface area contributed by atoms with E-state index in [9.17, 15) is 26.4 Å². The van der Waals surface area contributed by atoms with Gasteiger partial charge in [-0.2, -0.15) is 13.2 Å². The second-order valence-corrected chi connectivity index (χ2v) is 5.76. The van der Waals surface area contributed by atoms with Gasteiger partial charge in [-0.25, -0.2) is 18.4 Å². The zero-order chi connectivity index (χ0) is 16.3. The van der Waals surface area contributed by atoms with Crippen molar-refractivity contribution in [3.63, 3.8) is 0 Å². The zero-order valence-corrected chi connectivity index (χ0v) is 11.5. The quantitative estimate of drug-likeness (QED) is 0.690. The summed E-state index contributed by atoms with van der Waals surface area (Å²) in [5.74, 6) is -1.42. The van der Waals surface area contributed by atoms with Gasteiger partial charge in [0, 0.05) is 18.7 Å². The van der Waals surface area contributed by atoms with Gasteiger partial charge in [0.1, 0.15) is 0 Å². The van der Waals surface area contributed by atoms with Gasteiger partial charge < -0.3 is 10.4 Å². The number of alkyl halides is 3. The predicted molar refractivity (Wildman–Crippen MR) is 68.6 cm³/mol. The summed E-state index contributed by atoms with van der Waals surface area (Å²) < 4.78 is 58.2. The molecule has 0 fully saturated rings. The van der Waals surface area contributed by atoms with Gasteiger partial charge in [-0.1, -0.05) is 0 Å². The van der Waals surface area contributed by atoms with Crippen LogP contribution in [0.3, 0.4) is 0 Å². The van der Waals surface area contributed by atoms with E-state index in [1.807, 2.05) is 0 Å². The van der Waals surface area contributed by atoms with Gasteiger partial charge in [0.15, 0.2) is 0 Å². The van der Waals surface area contributed by atoms with E-state index in [4.69, 9.17) is 10.2 Å². The Hall–Kier alpha value is -1.81. The Morgan fingerprint density at radius 3 is 2.43 bits per heavy atom. The van der Waals surface area contributed by atoms with Gasteiger partial charge in [-0.3, -0.25) is 0 Å². The van der Waals surface area contributed by atoms with E-state index < -0.39 is 28.6 Å². The second kappa shape index (κ2) is 6.31. The first-order valence-corrected chi connectivity index (χ1v) is 7.26. The number of anilines is 1. The molecule has 0 aromatic heterocycles. The second-order valence-electron chi connectivity index (χ2n) is 4.20. The van der Waals surface area contributed by atoms with Crippen LogP contribution in [0.5, 0.6) is 0 Å². The molecule has 0 saturated heterocycles. The Morgan fingerprint density at radius 2 is 1.95 bits per heavy atom. The Labute approximate surface area is 118 Å². The molecule has 0 radical (unpaired) electrons. The number of carbonyl (C=O) groups is 1. The number of halogens is 3. The zero-order valence-electron chi connectivity index (χ0n) is 10.6. The maximum atomic E-state index is 12.0. The van der Waals surface area contributed by atoms with Crippen LogP contribution in [0.15, 0.2) is 23.1 Å². The van der Waals surface area contributed by atoms with Crippen LogP contribution in [0.25, 0.3) is 0 Å². The van der Waals surface area contributed by atoms with Crippen molar-refractivity contribution in [2.75, 3.05) is 11.9 Å². The number of benzene rings is 1. The first kappa shape index (κ1) is 17.2. The molecule has 10 heteroatoms. The Kier molecular flexibility index (Phi) is 5.18. The molecule has 118 valence electrons. The van der Waals surface area contributed by atoms with E-state index in [0.29, 0.717) is 0 Å².